The fourth-order valence-corrected chi connectivity index (χ4v) is 1.92. The summed E-state index contributed by atoms with van der Waals surface area (Å²) in [6, 6.07) is 10.9. The molecule has 1 aromatic heterocycles. The molecule has 2 aromatic rings. The Balaban J connectivity index is 1.98. The van der Waals surface area contributed by atoms with Crippen molar-refractivity contribution in [2.45, 2.75) is 13.5 Å². The summed E-state index contributed by atoms with van der Waals surface area (Å²) in [7, 11) is 0. The summed E-state index contributed by atoms with van der Waals surface area (Å²) in [6.07, 6.45) is -0.573. The number of rotatable bonds is 3. The smallest absolute Gasteiger partial charge is 0.412 e. The second kappa shape index (κ2) is 6.38. The second-order valence-corrected chi connectivity index (χ2v) is 5.03. The van der Waals surface area contributed by atoms with Gasteiger partial charge in [0.15, 0.2) is 0 Å². The highest BCUT2D eigenvalue weighted by Crippen LogP contribution is 2.15. The minimum atomic E-state index is -0.573. The van der Waals surface area contributed by atoms with Gasteiger partial charge in [-0.15, -0.1) is 0 Å². The van der Waals surface area contributed by atoms with Gasteiger partial charge in [-0.25, -0.2) is 4.79 Å². The highest BCUT2D eigenvalue weighted by molar-refractivity contribution is 9.10. The lowest BCUT2D eigenvalue weighted by Crippen LogP contribution is -2.17. The lowest BCUT2D eigenvalue weighted by atomic mass is 10.2. The third-order valence-corrected chi connectivity index (χ3v) is 3.23. The average molecular weight is 337 g/mol. The number of carbonyl (C=O) groups excluding carboxylic acids is 1. The van der Waals surface area contributed by atoms with Gasteiger partial charge in [0, 0.05) is 5.69 Å². The zero-order valence-electron chi connectivity index (χ0n) is 10.8. The van der Waals surface area contributed by atoms with Crippen LogP contribution in [0.4, 0.5) is 10.5 Å². The van der Waals surface area contributed by atoms with Gasteiger partial charge < -0.3 is 9.72 Å². The number of aryl methyl sites for hydroxylation is 1. The lowest BCUT2D eigenvalue weighted by molar-refractivity contribution is 0.155. The molecule has 0 unspecified atom stereocenters. The fourth-order valence-electron chi connectivity index (χ4n) is 1.60. The minimum Gasteiger partial charge on any atom is -0.444 e. The first-order chi connectivity index (χ1) is 9.56. The summed E-state index contributed by atoms with van der Waals surface area (Å²) < 4.78 is 5.45. The molecule has 0 aliphatic carbocycles. The Kier molecular flexibility index (Phi) is 4.57. The number of halogens is 1. The first-order valence-electron chi connectivity index (χ1n) is 5.93. The van der Waals surface area contributed by atoms with Crippen LogP contribution in [-0.2, 0) is 11.3 Å². The Bertz CT molecular complexity index is 668. The number of aromatic amines is 1. The van der Waals surface area contributed by atoms with Crippen LogP contribution >= 0.6 is 15.9 Å². The largest absolute Gasteiger partial charge is 0.444 e. The van der Waals surface area contributed by atoms with Gasteiger partial charge in [0.2, 0.25) is 0 Å². The molecule has 0 saturated heterocycles. The summed E-state index contributed by atoms with van der Waals surface area (Å²) in [6.45, 7) is 1.89. The molecule has 104 valence electrons. The molecule has 6 heteroatoms. The van der Waals surface area contributed by atoms with Gasteiger partial charge in [0.1, 0.15) is 6.61 Å². The predicted octanol–water partition coefficient (Wildman–Crippen LogP) is 3.19. The molecule has 0 atom stereocenters. The van der Waals surface area contributed by atoms with Crippen molar-refractivity contribution in [1.29, 1.82) is 0 Å². The van der Waals surface area contributed by atoms with E-state index in [1.54, 1.807) is 6.92 Å². The van der Waals surface area contributed by atoms with E-state index in [1.165, 1.54) is 6.07 Å². The summed E-state index contributed by atoms with van der Waals surface area (Å²) in [4.78, 5) is 25.6. The molecule has 0 bridgehead atoms. The summed E-state index contributed by atoms with van der Waals surface area (Å²) in [5.41, 5.74) is 1.72. The van der Waals surface area contributed by atoms with Crippen molar-refractivity contribution in [1.82, 2.24) is 4.98 Å². The number of benzene rings is 1. The van der Waals surface area contributed by atoms with Gasteiger partial charge in [-0.05, 0) is 34.5 Å². The highest BCUT2D eigenvalue weighted by atomic mass is 79.9. The van der Waals surface area contributed by atoms with Gasteiger partial charge in [0.05, 0.1) is 10.2 Å². The van der Waals surface area contributed by atoms with Crippen molar-refractivity contribution in [3.05, 3.63) is 62.5 Å². The number of hydrogen-bond donors (Lipinski definition) is 2. The van der Waals surface area contributed by atoms with E-state index in [0.717, 1.165) is 5.56 Å². The van der Waals surface area contributed by atoms with E-state index < -0.39 is 6.09 Å². The molecule has 0 fully saturated rings. The van der Waals surface area contributed by atoms with Crippen LogP contribution in [-0.4, -0.2) is 11.1 Å². The number of amides is 1. The average Bonchev–Trinajstić information content (AvgIpc) is 2.44. The van der Waals surface area contributed by atoms with E-state index in [0.29, 0.717) is 15.9 Å². The van der Waals surface area contributed by atoms with Crippen molar-refractivity contribution in [2.75, 3.05) is 5.32 Å². The number of hydrogen-bond acceptors (Lipinski definition) is 3. The van der Waals surface area contributed by atoms with Crippen LogP contribution in [0.5, 0.6) is 0 Å². The predicted molar refractivity (Wildman–Crippen MR) is 79.7 cm³/mol. The van der Waals surface area contributed by atoms with Crippen LogP contribution in [0.3, 0.4) is 0 Å². The summed E-state index contributed by atoms with van der Waals surface area (Å²) in [5.74, 6) is 0. The molecule has 0 aliphatic rings. The molecule has 0 spiro atoms. The van der Waals surface area contributed by atoms with Gasteiger partial charge in [-0.3, -0.25) is 10.1 Å². The number of anilines is 1. The Morgan fingerprint density at radius 2 is 2.05 bits per heavy atom. The Morgan fingerprint density at radius 3 is 2.75 bits per heavy atom. The van der Waals surface area contributed by atoms with E-state index in [-0.39, 0.29) is 12.2 Å². The number of carbonyl (C=O) groups is 1. The molecule has 5 nitrogen and oxygen atoms in total. The Hall–Kier alpha value is -2.08. The first kappa shape index (κ1) is 14.3. The van der Waals surface area contributed by atoms with Gasteiger partial charge >= 0.3 is 6.09 Å². The molecule has 0 radical (unpaired) electrons. The van der Waals surface area contributed by atoms with Gasteiger partial charge in [0.25, 0.3) is 5.56 Å². The van der Waals surface area contributed by atoms with Gasteiger partial charge in [-0.2, -0.15) is 0 Å². The molecule has 1 aromatic carbocycles. The monoisotopic (exact) mass is 336 g/mol. The normalized spacial score (nSPS) is 10.1. The quantitative estimate of drug-likeness (QED) is 0.904. The topological polar surface area (TPSA) is 71.2 Å². The molecule has 20 heavy (non-hydrogen) atoms. The Morgan fingerprint density at radius 1 is 1.35 bits per heavy atom. The van der Waals surface area contributed by atoms with Crippen molar-refractivity contribution >= 4 is 27.7 Å². The SMILES string of the molecule is Cc1[nH]c(=O)c(Br)cc1NC(=O)OCc1ccccc1. The van der Waals surface area contributed by atoms with E-state index in [1.807, 2.05) is 30.3 Å². The van der Waals surface area contributed by atoms with Gasteiger partial charge in [-0.1, -0.05) is 30.3 Å². The number of pyridine rings is 1. The number of aromatic nitrogens is 1. The number of H-pyrrole nitrogens is 1. The van der Waals surface area contributed by atoms with E-state index >= 15 is 0 Å². The standard InChI is InChI=1S/C14H13BrN2O3/c1-9-12(7-11(15)13(18)16-9)17-14(19)20-8-10-5-3-2-4-6-10/h2-7H,8H2,1H3,(H,16,18)(H,17,19). The fraction of sp³-hybridized carbons (Fsp3) is 0.143. The first-order valence-corrected chi connectivity index (χ1v) is 6.72. The van der Waals surface area contributed by atoms with Crippen LogP contribution < -0.4 is 10.9 Å². The lowest BCUT2D eigenvalue weighted by Gasteiger charge is -2.09. The summed E-state index contributed by atoms with van der Waals surface area (Å²) >= 11 is 3.11. The zero-order valence-corrected chi connectivity index (χ0v) is 12.4. The summed E-state index contributed by atoms with van der Waals surface area (Å²) in [5, 5.41) is 2.59. The van der Waals surface area contributed by atoms with Crippen molar-refractivity contribution < 1.29 is 9.53 Å². The maximum absolute atomic E-state index is 11.7. The van der Waals surface area contributed by atoms with Crippen molar-refractivity contribution in [3.63, 3.8) is 0 Å². The number of ether oxygens (including phenoxy) is 1. The molecule has 2 rings (SSSR count). The van der Waals surface area contributed by atoms with E-state index in [2.05, 4.69) is 26.2 Å². The maximum Gasteiger partial charge on any atom is 0.412 e. The molecule has 0 aliphatic heterocycles. The molecular formula is C14H13BrN2O3. The second-order valence-electron chi connectivity index (χ2n) is 4.17. The molecular weight excluding hydrogens is 324 g/mol. The third-order valence-electron chi connectivity index (χ3n) is 2.64. The molecule has 1 amide bonds. The van der Waals surface area contributed by atoms with Crippen LogP contribution in [0.25, 0.3) is 0 Å². The zero-order chi connectivity index (χ0) is 14.5. The maximum atomic E-state index is 11.7. The highest BCUT2D eigenvalue weighted by Gasteiger charge is 2.08. The minimum absolute atomic E-state index is 0.191. The van der Waals surface area contributed by atoms with Crippen LogP contribution in [0.1, 0.15) is 11.3 Å². The Labute approximate surface area is 124 Å². The van der Waals surface area contributed by atoms with E-state index in [4.69, 9.17) is 4.74 Å². The van der Waals surface area contributed by atoms with Crippen molar-refractivity contribution in [3.8, 4) is 0 Å². The van der Waals surface area contributed by atoms with Crippen LogP contribution in [0.2, 0.25) is 0 Å². The van der Waals surface area contributed by atoms with Crippen LogP contribution in [0, 0.1) is 6.92 Å². The molecule has 0 saturated carbocycles. The van der Waals surface area contributed by atoms with Crippen LogP contribution in [0.15, 0.2) is 45.7 Å². The molecule has 1 heterocycles. The molecule has 2 N–H and O–H groups in total. The third kappa shape index (κ3) is 3.71. The van der Waals surface area contributed by atoms with E-state index in [9.17, 15) is 9.59 Å². The number of nitrogens with one attached hydrogen (secondary N) is 2. The van der Waals surface area contributed by atoms with Crippen molar-refractivity contribution in [2.24, 2.45) is 0 Å².